The molecule has 0 aliphatic heterocycles. The number of aliphatic carboxylic acids is 1. The third kappa shape index (κ3) is 11.1. The average molecular weight is 524 g/mol. The maximum Gasteiger partial charge on any atom is 0.347 e. The van der Waals surface area contributed by atoms with Crippen molar-refractivity contribution in [2.24, 2.45) is 0 Å². The summed E-state index contributed by atoms with van der Waals surface area (Å²) in [5, 5.41) is 17.8. The van der Waals surface area contributed by atoms with Crippen LogP contribution in [0.1, 0.15) is 49.9 Å². The lowest BCUT2D eigenvalue weighted by atomic mass is 10.3. The Labute approximate surface area is 207 Å². The van der Waals surface area contributed by atoms with Crippen LogP contribution in [0.25, 0.3) is 0 Å². The van der Waals surface area contributed by atoms with E-state index in [1.165, 1.54) is 0 Å². The van der Waals surface area contributed by atoms with Crippen LogP contribution in [-0.4, -0.2) is 94.7 Å². The summed E-state index contributed by atoms with van der Waals surface area (Å²) in [4.78, 5) is 81.9. The molecule has 0 aromatic carbocycles. The van der Waals surface area contributed by atoms with Gasteiger partial charge in [-0.05, 0) is 48.5 Å². The highest BCUT2D eigenvalue weighted by atomic mass is 16.6. The third-order valence-electron chi connectivity index (χ3n) is 4.11. The van der Waals surface area contributed by atoms with E-state index < -0.39 is 84.5 Å². The predicted molar refractivity (Wildman–Crippen MR) is 115 cm³/mol. The topological polar surface area (TPSA) is 215 Å². The average Bonchev–Trinajstić information content (AvgIpc) is 2.77. The summed E-state index contributed by atoms with van der Waals surface area (Å²) in [5.41, 5.74) is 0. The summed E-state index contributed by atoms with van der Waals surface area (Å²) in [7, 11) is 0. The first-order valence-electron chi connectivity index (χ1n) is 10.6. The lowest BCUT2D eigenvalue weighted by Crippen LogP contribution is -2.39. The monoisotopic (exact) mass is 524 g/mol. The largest absolute Gasteiger partial charge is 0.479 e. The van der Waals surface area contributed by atoms with E-state index in [0.717, 1.165) is 48.5 Å². The van der Waals surface area contributed by atoms with Crippen LogP contribution in [0, 0.1) is 0 Å². The Bertz CT molecular complexity index is 855. The van der Waals surface area contributed by atoms with Gasteiger partial charge in [0.05, 0.1) is 0 Å². The maximum atomic E-state index is 12.1. The number of ether oxygens (including phenoxy) is 6. The number of hydrogen-bond acceptors (Lipinski definition) is 14. The van der Waals surface area contributed by atoms with E-state index in [4.69, 9.17) is 29.2 Å². The Morgan fingerprint density at radius 1 is 0.444 bits per heavy atom. The van der Waals surface area contributed by atoms with Gasteiger partial charge in [0.1, 0.15) is 6.10 Å². The molecule has 15 heteroatoms. The fourth-order valence-corrected chi connectivity index (χ4v) is 1.91. The van der Waals surface area contributed by atoms with Gasteiger partial charge in [-0.2, -0.15) is 0 Å². The zero-order valence-electron chi connectivity index (χ0n) is 20.7. The summed E-state index contributed by atoms with van der Waals surface area (Å²) in [6, 6.07) is 0. The van der Waals surface area contributed by atoms with Crippen molar-refractivity contribution < 1.29 is 73.6 Å². The quantitative estimate of drug-likeness (QED) is 0.225. The van der Waals surface area contributed by atoms with Crippen molar-refractivity contribution >= 4 is 41.8 Å². The minimum Gasteiger partial charge on any atom is -0.479 e. The van der Waals surface area contributed by atoms with Crippen LogP contribution in [0.5, 0.6) is 0 Å². The second-order valence-corrected chi connectivity index (χ2v) is 7.49. The van der Waals surface area contributed by atoms with E-state index >= 15 is 0 Å². The van der Waals surface area contributed by atoms with Gasteiger partial charge >= 0.3 is 41.8 Å². The number of hydrogen-bond donors (Lipinski definition) is 2. The fraction of sp³-hybridized carbons (Fsp3) is 0.667. The molecule has 15 nitrogen and oxygen atoms in total. The summed E-state index contributed by atoms with van der Waals surface area (Å²) < 4.78 is 28.4. The Hall–Kier alpha value is -3.75. The van der Waals surface area contributed by atoms with Crippen molar-refractivity contribution in [2.45, 2.75) is 91.2 Å². The predicted octanol–water partition coefficient (Wildman–Crippen LogP) is -0.712. The van der Waals surface area contributed by atoms with Gasteiger partial charge in [0.15, 0.2) is 36.6 Å². The highest BCUT2D eigenvalue weighted by molar-refractivity contribution is 5.87. The maximum absolute atomic E-state index is 12.1. The summed E-state index contributed by atoms with van der Waals surface area (Å²) in [6.07, 6.45) is -10.5. The smallest absolute Gasteiger partial charge is 0.347 e. The molecule has 0 radical (unpaired) electrons. The van der Waals surface area contributed by atoms with Crippen LogP contribution in [0.15, 0.2) is 0 Å². The number of carbonyl (C=O) groups excluding carboxylic acids is 6. The number of esters is 6. The van der Waals surface area contributed by atoms with E-state index in [1.54, 1.807) is 0 Å². The molecule has 0 fully saturated rings. The van der Waals surface area contributed by atoms with E-state index in [9.17, 15) is 33.6 Å². The lowest BCUT2D eigenvalue weighted by molar-refractivity contribution is -0.188. The van der Waals surface area contributed by atoms with Crippen LogP contribution >= 0.6 is 0 Å². The molecule has 0 aliphatic rings. The highest BCUT2D eigenvalue weighted by Gasteiger charge is 2.32. The second kappa shape index (κ2) is 14.6. The molecule has 2 N–H and O–H groups in total. The first-order chi connectivity index (χ1) is 16.5. The van der Waals surface area contributed by atoms with Crippen molar-refractivity contribution in [3.63, 3.8) is 0 Å². The first-order valence-corrected chi connectivity index (χ1v) is 10.6. The standard InChI is InChI=1S/C21H30O15.H2/c1-8(22)16(25)32-10(3)18(27)34-12(5)20(29)36-14(7)21(30)35-13(6)19(28)33-11(4)17(26)31-9(2)15(23)24;/h8-14,22H,1-7H3,(H,23,24);1H. The molecule has 0 rings (SSSR count). The van der Waals surface area contributed by atoms with Crippen LogP contribution in [0.4, 0.5) is 0 Å². The Kier molecular flexibility index (Phi) is 13.1. The SMILES string of the molecule is CC(O)C(=O)OC(C)C(=O)OC(C)C(=O)OC(C)C(=O)OC(C)C(=O)OC(C)C(=O)OC(C)C(=O)O.[HH]. The summed E-state index contributed by atoms with van der Waals surface area (Å²) in [6.45, 7) is 7.81. The number of aliphatic hydroxyl groups is 1. The molecule has 0 saturated heterocycles. The third-order valence-corrected chi connectivity index (χ3v) is 4.11. The molecule has 0 heterocycles. The summed E-state index contributed by atoms with van der Waals surface area (Å²) in [5.74, 6) is -8.27. The Morgan fingerprint density at radius 2 is 0.639 bits per heavy atom. The normalized spacial score (nSPS) is 16.4. The molecule has 0 spiro atoms. The van der Waals surface area contributed by atoms with Crippen LogP contribution < -0.4 is 0 Å². The molecule has 36 heavy (non-hydrogen) atoms. The molecule has 7 atom stereocenters. The zero-order chi connectivity index (χ0) is 28.3. The highest BCUT2D eigenvalue weighted by Crippen LogP contribution is 2.08. The van der Waals surface area contributed by atoms with Crippen LogP contribution in [-0.2, 0) is 62.0 Å². The molecule has 0 bridgehead atoms. The molecule has 0 saturated carbocycles. The molecule has 0 amide bonds. The van der Waals surface area contributed by atoms with Gasteiger partial charge in [-0.1, -0.05) is 0 Å². The first kappa shape index (κ1) is 32.2. The molecule has 0 aromatic heterocycles. The zero-order valence-corrected chi connectivity index (χ0v) is 20.7. The van der Waals surface area contributed by atoms with Crippen molar-refractivity contribution in [1.29, 1.82) is 0 Å². The van der Waals surface area contributed by atoms with E-state index in [2.05, 4.69) is 9.47 Å². The second-order valence-electron chi connectivity index (χ2n) is 7.49. The van der Waals surface area contributed by atoms with Crippen molar-refractivity contribution in [3.8, 4) is 0 Å². The number of carbonyl (C=O) groups is 7. The Balaban J connectivity index is 0. The Morgan fingerprint density at radius 3 is 0.833 bits per heavy atom. The van der Waals surface area contributed by atoms with Gasteiger partial charge in [-0.15, -0.1) is 0 Å². The minimum absolute atomic E-state index is 0. The number of carboxylic acids is 1. The molecule has 206 valence electrons. The van der Waals surface area contributed by atoms with E-state index in [-0.39, 0.29) is 1.43 Å². The summed E-state index contributed by atoms with van der Waals surface area (Å²) >= 11 is 0. The van der Waals surface area contributed by atoms with Gasteiger partial charge in [-0.3, -0.25) is 0 Å². The van der Waals surface area contributed by atoms with Crippen molar-refractivity contribution in [2.75, 3.05) is 0 Å². The van der Waals surface area contributed by atoms with Gasteiger partial charge in [0, 0.05) is 1.43 Å². The van der Waals surface area contributed by atoms with Gasteiger partial charge in [0.25, 0.3) is 0 Å². The number of carboxylic acid groups (broad SMARTS) is 1. The van der Waals surface area contributed by atoms with Crippen molar-refractivity contribution in [3.05, 3.63) is 0 Å². The fourth-order valence-electron chi connectivity index (χ4n) is 1.91. The molecule has 0 aliphatic carbocycles. The number of rotatable bonds is 13. The number of aliphatic hydroxyl groups excluding tert-OH is 1. The van der Waals surface area contributed by atoms with Gasteiger partial charge in [0.2, 0.25) is 0 Å². The van der Waals surface area contributed by atoms with Gasteiger partial charge < -0.3 is 38.6 Å². The minimum atomic E-state index is -1.56. The van der Waals surface area contributed by atoms with E-state index in [1.807, 2.05) is 0 Å². The van der Waals surface area contributed by atoms with Crippen LogP contribution in [0.2, 0.25) is 0 Å². The molecule has 7 unspecified atom stereocenters. The molecular weight excluding hydrogens is 492 g/mol. The lowest BCUT2D eigenvalue weighted by Gasteiger charge is -2.20. The molecule has 0 aromatic rings. The van der Waals surface area contributed by atoms with Crippen LogP contribution in [0.3, 0.4) is 0 Å². The van der Waals surface area contributed by atoms with Gasteiger partial charge in [-0.25, -0.2) is 33.6 Å². The van der Waals surface area contributed by atoms with Crippen molar-refractivity contribution in [1.82, 2.24) is 0 Å². The van der Waals surface area contributed by atoms with E-state index in [0.29, 0.717) is 0 Å². The molecular formula is C21H32O15.